The van der Waals surface area contributed by atoms with Crippen LogP contribution in [0.15, 0.2) is 0 Å². The van der Waals surface area contributed by atoms with Crippen molar-refractivity contribution in [2.24, 2.45) is 0 Å². The van der Waals surface area contributed by atoms with E-state index in [1.165, 1.54) is 0 Å². The van der Waals surface area contributed by atoms with Gasteiger partial charge in [0.1, 0.15) is 5.78 Å². The van der Waals surface area contributed by atoms with Crippen molar-refractivity contribution in [2.45, 2.75) is 56.7 Å². The van der Waals surface area contributed by atoms with Crippen molar-refractivity contribution in [3.63, 3.8) is 0 Å². The summed E-state index contributed by atoms with van der Waals surface area (Å²) in [5.41, 5.74) is 0. The molecule has 2 aliphatic heterocycles. The van der Waals surface area contributed by atoms with Crippen molar-refractivity contribution < 1.29 is 9.59 Å². The molecule has 0 saturated carbocycles. The van der Waals surface area contributed by atoms with Crippen LogP contribution in [0.4, 0.5) is 0 Å². The Bertz CT molecular complexity index is 300. The molecule has 2 unspecified atom stereocenters. The molecule has 0 aromatic heterocycles. The Kier molecular flexibility index (Phi) is 4.48. The van der Waals surface area contributed by atoms with Crippen LogP contribution in [0, 0.1) is 0 Å². The standard InChI is InChI=1S/C13H21NO2S/c1-10(15)9-11-5-2-3-7-14(11)13(16)12-6-4-8-17-12/h11-12H,2-9H2,1H3. The summed E-state index contributed by atoms with van der Waals surface area (Å²) in [4.78, 5) is 25.6. The van der Waals surface area contributed by atoms with E-state index in [1.807, 2.05) is 4.90 Å². The predicted molar refractivity (Wildman–Crippen MR) is 70.1 cm³/mol. The zero-order valence-electron chi connectivity index (χ0n) is 10.5. The van der Waals surface area contributed by atoms with Crippen LogP contribution < -0.4 is 0 Å². The number of amides is 1. The molecule has 2 heterocycles. The first-order chi connectivity index (χ1) is 8.18. The number of piperidine rings is 1. The number of rotatable bonds is 3. The smallest absolute Gasteiger partial charge is 0.235 e. The lowest BCUT2D eigenvalue weighted by Gasteiger charge is -2.36. The minimum absolute atomic E-state index is 0.169. The molecule has 0 aromatic carbocycles. The van der Waals surface area contributed by atoms with E-state index in [9.17, 15) is 9.59 Å². The number of hydrogen-bond donors (Lipinski definition) is 0. The van der Waals surface area contributed by atoms with Crippen LogP contribution in [0.5, 0.6) is 0 Å². The Balaban J connectivity index is 1.99. The molecular weight excluding hydrogens is 234 g/mol. The first-order valence-electron chi connectivity index (χ1n) is 6.60. The van der Waals surface area contributed by atoms with Gasteiger partial charge in [0.25, 0.3) is 0 Å². The van der Waals surface area contributed by atoms with Gasteiger partial charge in [0.05, 0.1) is 5.25 Å². The Morgan fingerprint density at radius 3 is 2.71 bits per heavy atom. The molecule has 2 aliphatic rings. The van der Waals surface area contributed by atoms with Crippen molar-refractivity contribution in [1.29, 1.82) is 0 Å². The van der Waals surface area contributed by atoms with Crippen molar-refractivity contribution in [2.75, 3.05) is 12.3 Å². The van der Waals surface area contributed by atoms with Crippen molar-refractivity contribution in [3.8, 4) is 0 Å². The molecule has 2 saturated heterocycles. The molecule has 4 heteroatoms. The van der Waals surface area contributed by atoms with Gasteiger partial charge in [0.2, 0.25) is 5.91 Å². The van der Waals surface area contributed by atoms with Gasteiger partial charge in [-0.05, 0) is 44.8 Å². The van der Waals surface area contributed by atoms with Gasteiger partial charge >= 0.3 is 0 Å². The summed E-state index contributed by atoms with van der Waals surface area (Å²) in [6.45, 7) is 2.48. The van der Waals surface area contributed by atoms with Crippen LogP contribution in [0.3, 0.4) is 0 Å². The Labute approximate surface area is 107 Å². The molecule has 3 nitrogen and oxygen atoms in total. The summed E-state index contributed by atoms with van der Waals surface area (Å²) in [7, 11) is 0. The number of Topliss-reactive ketones (excluding diaryl/α,β-unsaturated/α-hetero) is 1. The summed E-state index contributed by atoms with van der Waals surface area (Å²) < 4.78 is 0. The second kappa shape index (κ2) is 5.89. The molecule has 2 fully saturated rings. The quantitative estimate of drug-likeness (QED) is 0.776. The molecule has 17 heavy (non-hydrogen) atoms. The number of carbonyl (C=O) groups excluding carboxylic acids is 2. The van der Waals surface area contributed by atoms with E-state index in [2.05, 4.69) is 0 Å². The molecule has 1 amide bonds. The van der Waals surface area contributed by atoms with E-state index < -0.39 is 0 Å². The van der Waals surface area contributed by atoms with Crippen LogP contribution in [0.2, 0.25) is 0 Å². The third kappa shape index (κ3) is 3.24. The van der Waals surface area contributed by atoms with Crippen LogP contribution in [0.25, 0.3) is 0 Å². The lowest BCUT2D eigenvalue weighted by Crippen LogP contribution is -2.47. The fourth-order valence-electron chi connectivity index (χ4n) is 2.79. The number of ketones is 1. The van der Waals surface area contributed by atoms with Crippen molar-refractivity contribution in [3.05, 3.63) is 0 Å². The van der Waals surface area contributed by atoms with Crippen LogP contribution in [0.1, 0.15) is 45.4 Å². The minimum atomic E-state index is 0.169. The molecule has 0 N–H and O–H groups in total. The summed E-state index contributed by atoms with van der Waals surface area (Å²) >= 11 is 1.79. The number of likely N-dealkylation sites (tertiary alicyclic amines) is 1. The maximum atomic E-state index is 12.4. The van der Waals surface area contributed by atoms with Crippen LogP contribution in [-0.4, -0.2) is 40.2 Å². The number of nitrogens with zero attached hydrogens (tertiary/aromatic N) is 1. The fourth-order valence-corrected chi connectivity index (χ4v) is 4.02. The van der Waals surface area contributed by atoms with E-state index in [0.717, 1.165) is 44.4 Å². The molecule has 2 rings (SSSR count). The van der Waals surface area contributed by atoms with Crippen LogP contribution in [-0.2, 0) is 9.59 Å². The van der Waals surface area contributed by atoms with Gasteiger partial charge in [-0.25, -0.2) is 0 Å². The van der Waals surface area contributed by atoms with E-state index in [1.54, 1.807) is 18.7 Å². The minimum Gasteiger partial charge on any atom is -0.338 e. The van der Waals surface area contributed by atoms with Gasteiger partial charge in [0.15, 0.2) is 0 Å². The van der Waals surface area contributed by atoms with Gasteiger partial charge in [-0.2, -0.15) is 0 Å². The predicted octanol–water partition coefficient (Wildman–Crippen LogP) is 2.24. The molecule has 2 atom stereocenters. The monoisotopic (exact) mass is 255 g/mol. The highest BCUT2D eigenvalue weighted by atomic mass is 32.2. The van der Waals surface area contributed by atoms with Gasteiger partial charge in [-0.3, -0.25) is 9.59 Å². The molecule has 0 bridgehead atoms. The van der Waals surface area contributed by atoms with Gasteiger partial charge < -0.3 is 4.90 Å². The molecule has 0 aliphatic carbocycles. The lowest BCUT2D eigenvalue weighted by molar-refractivity contribution is -0.135. The molecule has 0 radical (unpaired) electrons. The number of carbonyl (C=O) groups is 2. The highest BCUT2D eigenvalue weighted by molar-refractivity contribution is 8.00. The summed E-state index contributed by atoms with van der Waals surface area (Å²) in [5.74, 6) is 1.61. The average molecular weight is 255 g/mol. The van der Waals surface area contributed by atoms with Gasteiger partial charge in [0, 0.05) is 19.0 Å². The van der Waals surface area contributed by atoms with E-state index in [4.69, 9.17) is 0 Å². The topological polar surface area (TPSA) is 37.4 Å². The summed E-state index contributed by atoms with van der Waals surface area (Å²) in [5, 5.41) is 0.169. The Hall–Kier alpha value is -0.510. The SMILES string of the molecule is CC(=O)CC1CCCCN1C(=O)C1CCCS1. The van der Waals surface area contributed by atoms with Gasteiger partial charge in [-0.1, -0.05) is 0 Å². The zero-order valence-corrected chi connectivity index (χ0v) is 11.3. The average Bonchev–Trinajstić information content (AvgIpc) is 2.81. The van der Waals surface area contributed by atoms with Crippen LogP contribution >= 0.6 is 11.8 Å². The molecular formula is C13H21NO2S. The third-order valence-corrected chi connectivity index (χ3v) is 5.00. The molecule has 0 spiro atoms. The highest BCUT2D eigenvalue weighted by Crippen LogP contribution is 2.30. The Morgan fingerprint density at radius 2 is 2.06 bits per heavy atom. The number of thioether (sulfide) groups is 1. The number of hydrogen-bond acceptors (Lipinski definition) is 3. The molecule has 96 valence electrons. The second-order valence-corrected chi connectivity index (χ2v) is 6.40. The fraction of sp³-hybridized carbons (Fsp3) is 0.846. The van der Waals surface area contributed by atoms with Crippen molar-refractivity contribution in [1.82, 2.24) is 4.90 Å². The van der Waals surface area contributed by atoms with E-state index >= 15 is 0 Å². The van der Waals surface area contributed by atoms with Gasteiger partial charge in [-0.15, -0.1) is 11.8 Å². The maximum absolute atomic E-state index is 12.4. The summed E-state index contributed by atoms with van der Waals surface area (Å²) in [6, 6.07) is 0.176. The second-order valence-electron chi connectivity index (χ2n) is 5.09. The third-order valence-electron chi connectivity index (χ3n) is 3.64. The molecule has 0 aromatic rings. The first-order valence-corrected chi connectivity index (χ1v) is 7.65. The van der Waals surface area contributed by atoms with E-state index in [-0.39, 0.29) is 17.1 Å². The lowest BCUT2D eigenvalue weighted by atomic mass is 9.97. The highest BCUT2D eigenvalue weighted by Gasteiger charge is 2.33. The van der Waals surface area contributed by atoms with E-state index in [0.29, 0.717) is 12.3 Å². The summed E-state index contributed by atoms with van der Waals surface area (Å²) in [6.07, 6.45) is 5.97. The normalized spacial score (nSPS) is 29.4. The van der Waals surface area contributed by atoms with Crippen molar-refractivity contribution >= 4 is 23.5 Å². The first kappa shape index (κ1) is 12.9. The Morgan fingerprint density at radius 1 is 1.24 bits per heavy atom. The zero-order chi connectivity index (χ0) is 12.3. The maximum Gasteiger partial charge on any atom is 0.235 e. The largest absolute Gasteiger partial charge is 0.338 e.